The molecule has 1 unspecified atom stereocenters. The molecular formula is C24H18F4NO2S-. The van der Waals surface area contributed by atoms with Crippen LogP contribution in [0.2, 0.25) is 0 Å². The van der Waals surface area contributed by atoms with Crippen molar-refractivity contribution in [2.24, 2.45) is 0 Å². The first kappa shape index (κ1) is 22.4. The fourth-order valence-corrected chi connectivity index (χ4v) is 4.62. The lowest BCUT2D eigenvalue weighted by Crippen LogP contribution is -2.44. The average Bonchev–Trinajstić information content (AvgIpc) is 2.68. The van der Waals surface area contributed by atoms with Gasteiger partial charge >= 0.3 is 0 Å². The van der Waals surface area contributed by atoms with Crippen LogP contribution in [0.1, 0.15) is 22.7 Å². The SMILES string of the molecule is O=S([O-])C(Cc1cc(F)cc(F)c1)=C1CN(C(c2cccc(F)c2)c2cccc(F)c2)C1. The molecule has 1 aliphatic rings. The van der Waals surface area contributed by atoms with Crippen LogP contribution in [-0.4, -0.2) is 26.8 Å². The Morgan fingerprint density at radius 3 is 1.84 bits per heavy atom. The number of likely N-dealkylation sites (tertiary alicyclic amines) is 1. The molecule has 166 valence electrons. The molecule has 0 aliphatic carbocycles. The zero-order valence-electron chi connectivity index (χ0n) is 16.7. The van der Waals surface area contributed by atoms with Gasteiger partial charge in [0, 0.05) is 30.5 Å². The zero-order valence-corrected chi connectivity index (χ0v) is 17.5. The molecular weight excluding hydrogens is 442 g/mol. The maximum atomic E-state index is 13.9. The lowest BCUT2D eigenvalue weighted by Gasteiger charge is -2.42. The molecule has 1 fully saturated rings. The third kappa shape index (κ3) is 4.98. The largest absolute Gasteiger partial charge is 0.769 e. The molecule has 0 spiro atoms. The fourth-order valence-electron chi connectivity index (χ4n) is 3.97. The highest BCUT2D eigenvalue weighted by atomic mass is 32.2. The fraction of sp³-hybridized carbons (Fsp3) is 0.167. The summed E-state index contributed by atoms with van der Waals surface area (Å²) in [6.07, 6.45) is -0.140. The van der Waals surface area contributed by atoms with Crippen molar-refractivity contribution in [2.75, 3.05) is 13.1 Å². The van der Waals surface area contributed by atoms with Crippen molar-refractivity contribution in [1.82, 2.24) is 4.90 Å². The van der Waals surface area contributed by atoms with E-state index in [2.05, 4.69) is 0 Å². The molecule has 32 heavy (non-hydrogen) atoms. The van der Waals surface area contributed by atoms with Gasteiger partial charge in [-0.1, -0.05) is 24.3 Å². The van der Waals surface area contributed by atoms with Crippen LogP contribution in [0.4, 0.5) is 17.6 Å². The van der Waals surface area contributed by atoms with E-state index in [9.17, 15) is 26.3 Å². The van der Waals surface area contributed by atoms with Crippen molar-refractivity contribution in [3.63, 3.8) is 0 Å². The molecule has 0 saturated carbocycles. The molecule has 0 bridgehead atoms. The third-order valence-electron chi connectivity index (χ3n) is 5.36. The van der Waals surface area contributed by atoms with E-state index in [1.807, 2.05) is 4.90 Å². The summed E-state index contributed by atoms with van der Waals surface area (Å²) < 4.78 is 78.5. The van der Waals surface area contributed by atoms with Crippen molar-refractivity contribution < 1.29 is 26.3 Å². The number of nitrogens with zero attached hydrogens (tertiary/aromatic N) is 1. The van der Waals surface area contributed by atoms with Gasteiger partial charge < -0.3 is 4.55 Å². The van der Waals surface area contributed by atoms with Crippen molar-refractivity contribution in [2.45, 2.75) is 12.5 Å². The highest BCUT2D eigenvalue weighted by Crippen LogP contribution is 2.36. The van der Waals surface area contributed by atoms with E-state index in [-0.39, 0.29) is 30.0 Å². The van der Waals surface area contributed by atoms with Gasteiger partial charge in [-0.25, -0.2) is 17.6 Å². The second kappa shape index (κ2) is 9.36. The quantitative estimate of drug-likeness (QED) is 0.383. The summed E-state index contributed by atoms with van der Waals surface area (Å²) in [4.78, 5) is 1.95. The van der Waals surface area contributed by atoms with Crippen LogP contribution in [0, 0.1) is 23.3 Å². The van der Waals surface area contributed by atoms with Gasteiger partial charge in [-0.15, -0.1) is 0 Å². The van der Waals surface area contributed by atoms with Gasteiger partial charge in [0.1, 0.15) is 23.3 Å². The Hall–Kier alpha value is -2.81. The van der Waals surface area contributed by atoms with E-state index in [0.29, 0.717) is 16.7 Å². The van der Waals surface area contributed by atoms with Crippen LogP contribution in [0.3, 0.4) is 0 Å². The van der Waals surface area contributed by atoms with Gasteiger partial charge in [0.2, 0.25) is 0 Å². The van der Waals surface area contributed by atoms with Crippen molar-refractivity contribution >= 4 is 11.1 Å². The van der Waals surface area contributed by atoms with Gasteiger partial charge in [-0.05, 0) is 69.7 Å². The predicted octanol–water partition coefficient (Wildman–Crippen LogP) is 5.02. The highest BCUT2D eigenvalue weighted by molar-refractivity contribution is 7.83. The van der Waals surface area contributed by atoms with Crippen LogP contribution in [0.15, 0.2) is 77.2 Å². The molecule has 3 aromatic carbocycles. The molecule has 3 aromatic rings. The Morgan fingerprint density at radius 1 is 0.844 bits per heavy atom. The van der Waals surface area contributed by atoms with E-state index in [0.717, 1.165) is 18.2 Å². The summed E-state index contributed by atoms with van der Waals surface area (Å²) in [5.74, 6) is -2.44. The molecule has 1 heterocycles. The van der Waals surface area contributed by atoms with Crippen LogP contribution in [0.25, 0.3) is 0 Å². The Morgan fingerprint density at radius 2 is 1.38 bits per heavy atom. The monoisotopic (exact) mass is 460 g/mol. The van der Waals surface area contributed by atoms with E-state index in [4.69, 9.17) is 0 Å². The summed E-state index contributed by atoms with van der Waals surface area (Å²) in [6, 6.07) is 14.3. The normalized spacial score (nSPS) is 15.0. The van der Waals surface area contributed by atoms with Gasteiger partial charge in [-0.2, -0.15) is 0 Å². The number of halogens is 4. The Labute approximate surface area is 185 Å². The maximum absolute atomic E-state index is 13.9. The average molecular weight is 460 g/mol. The maximum Gasteiger partial charge on any atom is 0.126 e. The van der Waals surface area contributed by atoms with Crippen LogP contribution >= 0.6 is 0 Å². The summed E-state index contributed by atoms with van der Waals surface area (Å²) in [7, 11) is 0. The third-order valence-corrected chi connectivity index (χ3v) is 6.20. The Kier molecular flexibility index (Phi) is 6.55. The van der Waals surface area contributed by atoms with E-state index < -0.39 is 40.4 Å². The molecule has 1 atom stereocenters. The molecule has 1 saturated heterocycles. The molecule has 0 radical (unpaired) electrons. The van der Waals surface area contributed by atoms with E-state index in [1.165, 1.54) is 24.3 Å². The lowest BCUT2D eigenvalue weighted by atomic mass is 9.92. The van der Waals surface area contributed by atoms with Crippen molar-refractivity contribution in [3.05, 3.63) is 117 Å². The van der Waals surface area contributed by atoms with E-state index in [1.54, 1.807) is 24.3 Å². The zero-order chi connectivity index (χ0) is 22.8. The Balaban J connectivity index is 1.64. The second-order valence-corrected chi connectivity index (χ2v) is 8.60. The minimum atomic E-state index is -2.58. The number of benzene rings is 3. The molecule has 0 amide bonds. The van der Waals surface area contributed by atoms with Crippen LogP contribution < -0.4 is 0 Å². The molecule has 3 nitrogen and oxygen atoms in total. The van der Waals surface area contributed by atoms with Gasteiger partial charge in [0.25, 0.3) is 0 Å². The lowest BCUT2D eigenvalue weighted by molar-refractivity contribution is 0.200. The van der Waals surface area contributed by atoms with Gasteiger partial charge in [0.15, 0.2) is 0 Å². The number of rotatable bonds is 6. The Bertz CT molecular complexity index is 1140. The molecule has 1 aliphatic heterocycles. The molecule has 0 N–H and O–H groups in total. The second-order valence-electron chi connectivity index (χ2n) is 7.63. The summed E-state index contributed by atoms with van der Waals surface area (Å²) in [5, 5.41) is 0. The number of hydrogen-bond donors (Lipinski definition) is 0. The molecule has 0 aromatic heterocycles. The molecule has 8 heteroatoms. The number of allylic oxidation sites excluding steroid dienone is 1. The number of hydrogen-bond acceptors (Lipinski definition) is 3. The first-order valence-electron chi connectivity index (χ1n) is 9.80. The first-order valence-corrected chi connectivity index (χ1v) is 10.9. The summed E-state index contributed by atoms with van der Waals surface area (Å²) in [6.45, 7) is 0.470. The predicted molar refractivity (Wildman–Crippen MR) is 112 cm³/mol. The van der Waals surface area contributed by atoms with Crippen molar-refractivity contribution in [1.29, 1.82) is 0 Å². The van der Waals surface area contributed by atoms with E-state index >= 15 is 0 Å². The summed E-state index contributed by atoms with van der Waals surface area (Å²) in [5.41, 5.74) is 2.00. The van der Waals surface area contributed by atoms with Gasteiger partial charge in [0.05, 0.1) is 6.04 Å². The van der Waals surface area contributed by atoms with Gasteiger partial charge in [-0.3, -0.25) is 9.11 Å². The van der Waals surface area contributed by atoms with Crippen LogP contribution in [0.5, 0.6) is 0 Å². The topological polar surface area (TPSA) is 43.4 Å². The van der Waals surface area contributed by atoms with Crippen LogP contribution in [-0.2, 0) is 17.5 Å². The standard InChI is InChI=1S/C24H19F4NO2S/c25-19-5-1-3-16(10-19)24(17-4-2-6-20(26)11-17)29-13-18(14-29)23(32(30)31)9-15-7-21(27)12-22(28)8-15/h1-8,10-12,24H,9,13-14H2,(H,30,31)/p-1. The minimum absolute atomic E-state index is 0.0588. The minimum Gasteiger partial charge on any atom is -0.769 e. The first-order chi connectivity index (χ1) is 15.3. The summed E-state index contributed by atoms with van der Waals surface area (Å²) >= 11 is -2.58. The molecule has 4 rings (SSSR count). The van der Waals surface area contributed by atoms with Crippen molar-refractivity contribution in [3.8, 4) is 0 Å². The smallest absolute Gasteiger partial charge is 0.126 e. The highest BCUT2D eigenvalue weighted by Gasteiger charge is 2.32.